The first kappa shape index (κ1) is 12.6. The van der Waals surface area contributed by atoms with E-state index < -0.39 is 0 Å². The van der Waals surface area contributed by atoms with Crippen LogP contribution in [0.5, 0.6) is 0 Å². The van der Waals surface area contributed by atoms with Gasteiger partial charge in [0.15, 0.2) is 0 Å². The molecule has 0 atom stereocenters. The second kappa shape index (κ2) is 5.21. The van der Waals surface area contributed by atoms with Gasteiger partial charge >= 0.3 is 0 Å². The van der Waals surface area contributed by atoms with Crippen molar-refractivity contribution in [3.05, 3.63) is 34.9 Å². The Hall–Kier alpha value is -1.84. The third kappa shape index (κ3) is 2.70. The molecule has 0 saturated carbocycles. The molecule has 0 aromatic heterocycles. The van der Waals surface area contributed by atoms with Gasteiger partial charge < -0.3 is 10.2 Å². The van der Waals surface area contributed by atoms with E-state index >= 15 is 0 Å². The molecule has 1 saturated heterocycles. The number of carbonyl (C=O) groups excluding carboxylic acids is 2. The number of benzene rings is 1. The molecule has 0 spiro atoms. The summed E-state index contributed by atoms with van der Waals surface area (Å²) in [6.45, 7) is 5.64. The minimum absolute atomic E-state index is 0.00889. The van der Waals surface area contributed by atoms with Gasteiger partial charge in [-0.15, -0.1) is 0 Å². The molecule has 2 amide bonds. The van der Waals surface area contributed by atoms with E-state index in [-0.39, 0.29) is 11.8 Å². The Balaban J connectivity index is 2.14. The number of nitrogens with zero attached hydrogens (tertiary/aromatic N) is 1. The lowest BCUT2D eigenvalue weighted by Crippen LogP contribution is -2.34. The summed E-state index contributed by atoms with van der Waals surface area (Å²) in [6, 6.07) is 5.73. The van der Waals surface area contributed by atoms with E-state index in [0.717, 1.165) is 5.56 Å². The van der Waals surface area contributed by atoms with Gasteiger partial charge in [0, 0.05) is 31.6 Å². The number of carbonyl (C=O) groups is 2. The van der Waals surface area contributed by atoms with Crippen LogP contribution in [-0.4, -0.2) is 36.3 Å². The summed E-state index contributed by atoms with van der Waals surface area (Å²) in [5.41, 5.74) is 3.00. The van der Waals surface area contributed by atoms with Crippen LogP contribution >= 0.6 is 0 Å². The van der Waals surface area contributed by atoms with Crippen molar-refractivity contribution >= 4 is 11.8 Å². The van der Waals surface area contributed by atoms with Crippen LogP contribution in [0.25, 0.3) is 0 Å². The highest BCUT2D eigenvalue weighted by Gasteiger charge is 2.19. The number of amides is 2. The van der Waals surface area contributed by atoms with Crippen LogP contribution in [-0.2, 0) is 4.79 Å². The summed E-state index contributed by atoms with van der Waals surface area (Å²) in [7, 11) is 0. The lowest BCUT2D eigenvalue weighted by Gasteiger charge is -2.20. The highest BCUT2D eigenvalue weighted by molar-refractivity contribution is 5.95. The number of aryl methyl sites for hydroxylation is 2. The molecule has 1 aliphatic rings. The maximum absolute atomic E-state index is 12.3. The monoisotopic (exact) mass is 246 g/mol. The molecule has 4 nitrogen and oxygen atoms in total. The van der Waals surface area contributed by atoms with Crippen molar-refractivity contribution in [1.82, 2.24) is 10.2 Å². The normalized spacial score (nSPS) is 16.1. The van der Waals surface area contributed by atoms with Crippen molar-refractivity contribution < 1.29 is 9.59 Å². The van der Waals surface area contributed by atoms with E-state index in [1.165, 1.54) is 5.56 Å². The van der Waals surface area contributed by atoms with Crippen molar-refractivity contribution in [3.63, 3.8) is 0 Å². The Kier molecular flexibility index (Phi) is 3.65. The van der Waals surface area contributed by atoms with Gasteiger partial charge in [0.25, 0.3) is 5.91 Å². The van der Waals surface area contributed by atoms with E-state index in [2.05, 4.69) is 5.32 Å². The van der Waals surface area contributed by atoms with Gasteiger partial charge in [0.05, 0.1) is 0 Å². The minimum atomic E-state index is 0.00889. The third-order valence-corrected chi connectivity index (χ3v) is 3.35. The fourth-order valence-electron chi connectivity index (χ4n) is 2.03. The van der Waals surface area contributed by atoms with Crippen LogP contribution < -0.4 is 5.32 Å². The number of hydrogen-bond donors (Lipinski definition) is 1. The van der Waals surface area contributed by atoms with Crippen molar-refractivity contribution in [2.45, 2.75) is 20.3 Å². The van der Waals surface area contributed by atoms with Crippen LogP contribution in [0.1, 0.15) is 27.9 Å². The summed E-state index contributed by atoms with van der Waals surface area (Å²) in [5, 5.41) is 2.77. The van der Waals surface area contributed by atoms with E-state index in [4.69, 9.17) is 0 Å². The molecule has 1 heterocycles. The Morgan fingerprint density at radius 3 is 2.72 bits per heavy atom. The Morgan fingerprint density at radius 1 is 1.22 bits per heavy atom. The molecule has 0 unspecified atom stereocenters. The first-order valence-corrected chi connectivity index (χ1v) is 6.21. The van der Waals surface area contributed by atoms with E-state index in [1.54, 1.807) is 4.90 Å². The molecular formula is C14H18N2O2. The van der Waals surface area contributed by atoms with Crippen LogP contribution in [0.15, 0.2) is 18.2 Å². The van der Waals surface area contributed by atoms with Crippen molar-refractivity contribution in [3.8, 4) is 0 Å². The molecule has 1 aromatic rings. The number of rotatable bonds is 1. The van der Waals surface area contributed by atoms with Crippen LogP contribution in [0.4, 0.5) is 0 Å². The summed E-state index contributed by atoms with van der Waals surface area (Å²) in [4.78, 5) is 25.3. The van der Waals surface area contributed by atoms with Crippen molar-refractivity contribution in [2.24, 2.45) is 0 Å². The zero-order chi connectivity index (χ0) is 13.1. The second-order valence-electron chi connectivity index (χ2n) is 4.69. The van der Waals surface area contributed by atoms with Crippen molar-refractivity contribution in [1.29, 1.82) is 0 Å². The van der Waals surface area contributed by atoms with Crippen LogP contribution in [0, 0.1) is 13.8 Å². The highest BCUT2D eigenvalue weighted by atomic mass is 16.2. The van der Waals surface area contributed by atoms with Gasteiger partial charge in [-0.1, -0.05) is 6.07 Å². The largest absolute Gasteiger partial charge is 0.354 e. The quantitative estimate of drug-likeness (QED) is 0.811. The van der Waals surface area contributed by atoms with E-state index in [1.807, 2.05) is 32.0 Å². The summed E-state index contributed by atoms with van der Waals surface area (Å²) >= 11 is 0. The van der Waals surface area contributed by atoms with Gasteiger partial charge in [-0.25, -0.2) is 0 Å². The highest BCUT2D eigenvalue weighted by Crippen LogP contribution is 2.12. The minimum Gasteiger partial charge on any atom is -0.354 e. The van der Waals surface area contributed by atoms with Crippen LogP contribution in [0.2, 0.25) is 0 Å². The lowest BCUT2D eigenvalue weighted by molar-refractivity contribution is -0.120. The summed E-state index contributed by atoms with van der Waals surface area (Å²) in [5.74, 6) is 0.0278. The van der Waals surface area contributed by atoms with Gasteiger partial charge in [-0.05, 0) is 37.1 Å². The molecule has 0 radical (unpaired) electrons. The molecule has 4 heteroatoms. The molecular weight excluding hydrogens is 228 g/mol. The average Bonchev–Trinajstić information content (AvgIpc) is 2.57. The zero-order valence-electron chi connectivity index (χ0n) is 10.8. The Morgan fingerprint density at radius 2 is 2.00 bits per heavy atom. The molecule has 0 bridgehead atoms. The molecule has 0 aliphatic carbocycles. The topological polar surface area (TPSA) is 49.4 Å². The molecule has 96 valence electrons. The smallest absolute Gasteiger partial charge is 0.253 e. The standard InChI is InChI=1S/C14H18N2O2/c1-10-3-4-12(9-11(10)2)14(18)16-7-5-13(17)15-6-8-16/h3-4,9H,5-8H2,1-2H3,(H,15,17). The predicted octanol–water partition coefficient (Wildman–Crippen LogP) is 1.27. The van der Waals surface area contributed by atoms with Gasteiger partial charge in [0.1, 0.15) is 0 Å². The van der Waals surface area contributed by atoms with E-state index in [9.17, 15) is 9.59 Å². The maximum atomic E-state index is 12.3. The third-order valence-electron chi connectivity index (χ3n) is 3.35. The molecule has 18 heavy (non-hydrogen) atoms. The summed E-state index contributed by atoms with van der Waals surface area (Å²) in [6.07, 6.45) is 0.385. The van der Waals surface area contributed by atoms with Gasteiger partial charge in [-0.3, -0.25) is 9.59 Å². The van der Waals surface area contributed by atoms with Crippen LogP contribution in [0.3, 0.4) is 0 Å². The number of hydrogen-bond acceptors (Lipinski definition) is 2. The summed E-state index contributed by atoms with van der Waals surface area (Å²) < 4.78 is 0. The first-order valence-electron chi connectivity index (χ1n) is 6.21. The second-order valence-corrected chi connectivity index (χ2v) is 4.69. The fraction of sp³-hybridized carbons (Fsp3) is 0.429. The zero-order valence-corrected chi connectivity index (χ0v) is 10.8. The van der Waals surface area contributed by atoms with Gasteiger partial charge in [0.2, 0.25) is 5.91 Å². The fourth-order valence-corrected chi connectivity index (χ4v) is 2.03. The maximum Gasteiger partial charge on any atom is 0.253 e. The average molecular weight is 246 g/mol. The lowest BCUT2D eigenvalue weighted by atomic mass is 10.1. The van der Waals surface area contributed by atoms with Gasteiger partial charge in [-0.2, -0.15) is 0 Å². The van der Waals surface area contributed by atoms with Crippen molar-refractivity contribution in [2.75, 3.05) is 19.6 Å². The Labute approximate surface area is 107 Å². The first-order chi connectivity index (χ1) is 8.58. The molecule has 1 aliphatic heterocycles. The molecule has 1 N–H and O–H groups in total. The predicted molar refractivity (Wildman–Crippen MR) is 69.4 cm³/mol. The molecule has 1 aromatic carbocycles. The molecule has 1 fully saturated rings. The SMILES string of the molecule is Cc1ccc(C(=O)N2CCNC(=O)CC2)cc1C. The number of nitrogens with one attached hydrogen (secondary N) is 1. The Bertz CT molecular complexity index is 483. The molecule has 2 rings (SSSR count). The van der Waals surface area contributed by atoms with E-state index in [0.29, 0.717) is 31.6 Å².